The van der Waals surface area contributed by atoms with Crippen LogP contribution in [0.3, 0.4) is 0 Å². The van der Waals surface area contributed by atoms with Gasteiger partial charge in [-0.3, -0.25) is 19.2 Å². The van der Waals surface area contributed by atoms with E-state index in [0.29, 0.717) is 55.5 Å². The van der Waals surface area contributed by atoms with Crippen LogP contribution < -0.4 is 9.80 Å². The molecule has 4 amide bonds. The van der Waals surface area contributed by atoms with Gasteiger partial charge in [0.05, 0.1) is 11.4 Å². The maximum atomic E-state index is 14.3. The van der Waals surface area contributed by atoms with Crippen molar-refractivity contribution in [3.05, 3.63) is 216 Å². The molecule has 0 fully saturated rings. The Morgan fingerprint density at radius 3 is 1.25 bits per heavy atom. The van der Waals surface area contributed by atoms with Crippen LogP contribution in [0, 0.1) is 0 Å². The molecule has 0 N–H and O–H groups in total. The molecule has 366 valence electrons. The van der Waals surface area contributed by atoms with Crippen LogP contribution in [0.5, 0.6) is 0 Å². The number of hydrogen-bond acceptors (Lipinski definition) is 7. The zero-order valence-electron chi connectivity index (χ0n) is 41.6. The second-order valence-electron chi connectivity index (χ2n) is 19.7. The van der Waals surface area contributed by atoms with E-state index in [1.54, 1.807) is 60.7 Å². The molecule has 77 heavy (non-hydrogen) atoms. The molecule has 11 heteroatoms. The van der Waals surface area contributed by atoms with Gasteiger partial charge < -0.3 is 13.6 Å². The van der Waals surface area contributed by atoms with E-state index in [-0.39, 0.29) is 11.8 Å². The largest absolute Gasteiger partial charge is 0.416 e. The monoisotopic (exact) mass is 998 g/mol. The summed E-state index contributed by atoms with van der Waals surface area (Å²) in [6, 6.07) is 62.4. The number of rotatable bonds is 8. The smallest absolute Gasteiger partial charge is 0.265 e. The zero-order valence-corrected chi connectivity index (χ0v) is 41.6. The molecule has 13 aromatic rings. The Bertz CT molecular complexity index is 4710. The minimum atomic E-state index is -0.410. The molecule has 15 rings (SSSR count). The fraction of sp³-hybridized carbons (Fsp3) is 0.0606. The fourth-order valence-corrected chi connectivity index (χ4v) is 12.2. The molecular weight excluding hydrogens is 957 g/mol. The van der Waals surface area contributed by atoms with Gasteiger partial charge in [0.25, 0.3) is 23.6 Å². The molecule has 0 unspecified atom stereocenters. The average molecular weight is 999 g/mol. The lowest BCUT2D eigenvalue weighted by Crippen LogP contribution is -2.40. The van der Waals surface area contributed by atoms with E-state index in [2.05, 4.69) is 118 Å². The van der Waals surface area contributed by atoms with Gasteiger partial charge in [-0.2, -0.15) is 0 Å². The lowest BCUT2D eigenvalue weighted by molar-refractivity contribution is 0.0877. The number of aromatic nitrogens is 4. The van der Waals surface area contributed by atoms with Crippen molar-refractivity contribution in [2.75, 3.05) is 9.80 Å². The summed E-state index contributed by atoms with van der Waals surface area (Å²) in [4.78, 5) is 59.8. The third-order valence-corrected chi connectivity index (χ3v) is 15.8. The number of carbonyl (C=O) groups is 4. The lowest BCUT2D eigenvalue weighted by Gasteiger charge is -2.28. The van der Waals surface area contributed by atoms with Gasteiger partial charge in [0, 0.05) is 101 Å². The van der Waals surface area contributed by atoms with Gasteiger partial charge in [-0.25, -0.2) is 9.80 Å². The summed E-state index contributed by atoms with van der Waals surface area (Å²) in [5.74, 6) is -1.18. The van der Waals surface area contributed by atoms with Gasteiger partial charge in [0.1, 0.15) is 0 Å². The average Bonchev–Trinajstić information content (AvgIpc) is 4.22. The third-order valence-electron chi connectivity index (χ3n) is 15.8. The molecule has 0 radical (unpaired) electrons. The van der Waals surface area contributed by atoms with Crippen LogP contribution in [0.25, 0.3) is 110 Å². The quantitative estimate of drug-likeness (QED) is 0.139. The van der Waals surface area contributed by atoms with Gasteiger partial charge in [-0.05, 0) is 150 Å². The number of imide groups is 2. The molecule has 0 bridgehead atoms. The van der Waals surface area contributed by atoms with Gasteiger partial charge in [-0.15, -0.1) is 10.2 Å². The molecule has 0 saturated heterocycles. The van der Waals surface area contributed by atoms with Crippen molar-refractivity contribution in [3.63, 3.8) is 0 Å². The van der Waals surface area contributed by atoms with E-state index in [0.717, 1.165) is 62.5 Å². The molecule has 2 aliphatic heterocycles. The van der Waals surface area contributed by atoms with E-state index >= 15 is 0 Å². The Balaban J connectivity index is 0.679. The van der Waals surface area contributed by atoms with Crippen molar-refractivity contribution in [2.45, 2.75) is 26.9 Å². The van der Waals surface area contributed by atoms with Crippen molar-refractivity contribution < 1.29 is 23.6 Å². The molecule has 0 atom stereocenters. The van der Waals surface area contributed by atoms with Crippen LogP contribution in [-0.4, -0.2) is 43.0 Å². The van der Waals surface area contributed by atoms with E-state index in [1.807, 2.05) is 48.5 Å². The van der Waals surface area contributed by atoms with E-state index in [4.69, 9.17) is 4.42 Å². The Kier molecular flexibility index (Phi) is 9.55. The summed E-state index contributed by atoms with van der Waals surface area (Å²) in [7, 11) is 0. The summed E-state index contributed by atoms with van der Waals surface area (Å²) in [5, 5.41) is 16.3. The molecule has 3 aromatic heterocycles. The number of nitrogens with zero attached hydrogens (tertiary/aromatic N) is 6. The normalized spacial score (nSPS) is 13.5. The fourth-order valence-electron chi connectivity index (χ4n) is 12.2. The van der Waals surface area contributed by atoms with Crippen LogP contribution in [0.15, 0.2) is 199 Å². The van der Waals surface area contributed by atoms with Crippen molar-refractivity contribution in [2.24, 2.45) is 0 Å². The van der Waals surface area contributed by atoms with E-state index in [1.165, 1.54) is 37.0 Å². The summed E-state index contributed by atoms with van der Waals surface area (Å²) in [5.41, 5.74) is 12.3. The first-order valence-electron chi connectivity index (χ1n) is 25.7. The van der Waals surface area contributed by atoms with Crippen LogP contribution in [0.1, 0.15) is 55.3 Å². The summed E-state index contributed by atoms with van der Waals surface area (Å²) in [6.07, 6.45) is 0. The van der Waals surface area contributed by atoms with Crippen LogP contribution in [-0.2, 0) is 13.1 Å². The third kappa shape index (κ3) is 6.37. The summed E-state index contributed by atoms with van der Waals surface area (Å²) >= 11 is 0. The van der Waals surface area contributed by atoms with Crippen LogP contribution >= 0.6 is 0 Å². The Morgan fingerprint density at radius 1 is 0.338 bits per heavy atom. The highest BCUT2D eigenvalue weighted by molar-refractivity contribution is 6.38. The molecule has 5 heterocycles. The number of amides is 4. The Morgan fingerprint density at radius 2 is 0.727 bits per heavy atom. The minimum absolute atomic E-state index is 0.227. The van der Waals surface area contributed by atoms with Gasteiger partial charge in [0.15, 0.2) is 0 Å². The molecule has 0 saturated carbocycles. The van der Waals surface area contributed by atoms with E-state index in [9.17, 15) is 19.2 Å². The standard InChI is InChI=1S/C66H42N6O5/c1-3-69-56-18-8-6-12-46(56)54-35-39(24-34-57(54)69)43-30-32-52-59-48(43)13-9-15-50(59)63(73)71(65(52)75)41-25-19-37(20-26-41)61-67-68-62(77-61)38-21-27-42(28-22-38)72-64(74)51-16-10-14-49-44(31-33-53(60(49)51)66(72)76)40-23-29-47-45-11-5-7-17-55(45)70(4-2)58(47)36-40/h5-36H,3-4H2,1-2H3. The van der Waals surface area contributed by atoms with Crippen molar-refractivity contribution in [1.82, 2.24) is 19.3 Å². The minimum Gasteiger partial charge on any atom is -0.416 e. The number of carbonyl (C=O) groups excluding carboxylic acids is 4. The second kappa shape index (κ2) is 16.6. The van der Waals surface area contributed by atoms with Gasteiger partial charge >= 0.3 is 0 Å². The SMILES string of the molecule is CCn1c2ccccc2c2cc(-c3ccc4c5c(cccc35)C(=O)N(c3ccc(-c5nnc(-c6ccc(N7C(=O)c8cccc9c(-c%10ccc%11c%12ccccc%12n(CC)c%11c%10)ccc(c89)C7=O)cc6)o5)cc3)C4=O)ccc21. The highest BCUT2D eigenvalue weighted by Gasteiger charge is 2.36. The van der Waals surface area contributed by atoms with E-state index < -0.39 is 23.6 Å². The molecule has 0 aliphatic carbocycles. The highest BCUT2D eigenvalue weighted by Crippen LogP contribution is 2.43. The topological polar surface area (TPSA) is 124 Å². The van der Waals surface area contributed by atoms with Crippen molar-refractivity contribution in [3.8, 4) is 45.2 Å². The Hall–Kier alpha value is -10.3. The predicted molar refractivity (Wildman–Crippen MR) is 304 cm³/mol. The molecule has 11 nitrogen and oxygen atoms in total. The molecular formula is C66H42N6O5. The number of aryl methyl sites for hydroxylation is 2. The highest BCUT2D eigenvalue weighted by atomic mass is 16.4. The zero-order chi connectivity index (χ0) is 51.8. The lowest BCUT2D eigenvalue weighted by atomic mass is 9.88. The number of hydrogen-bond donors (Lipinski definition) is 0. The maximum absolute atomic E-state index is 14.3. The predicted octanol–water partition coefficient (Wildman–Crippen LogP) is 14.9. The first kappa shape index (κ1) is 44.2. The van der Waals surface area contributed by atoms with Crippen molar-refractivity contribution in [1.29, 1.82) is 0 Å². The van der Waals surface area contributed by atoms with Crippen LogP contribution in [0.4, 0.5) is 11.4 Å². The molecule has 2 aliphatic rings. The number of para-hydroxylation sites is 2. The van der Waals surface area contributed by atoms with Crippen LogP contribution in [0.2, 0.25) is 0 Å². The molecule has 0 spiro atoms. The molecule has 10 aromatic carbocycles. The Labute approximate surface area is 439 Å². The first-order valence-corrected chi connectivity index (χ1v) is 25.7. The first-order chi connectivity index (χ1) is 37.8. The summed E-state index contributed by atoms with van der Waals surface area (Å²) in [6.45, 7) is 5.97. The van der Waals surface area contributed by atoms with Crippen molar-refractivity contribution >= 4 is 100 Å². The number of fused-ring (bicyclic) bond motifs is 6. The number of benzene rings is 10. The summed E-state index contributed by atoms with van der Waals surface area (Å²) < 4.78 is 10.8. The maximum Gasteiger partial charge on any atom is 0.265 e. The second-order valence-corrected chi connectivity index (χ2v) is 19.7. The van der Waals surface area contributed by atoms with Gasteiger partial charge in [-0.1, -0.05) is 91.0 Å². The number of anilines is 2. The van der Waals surface area contributed by atoms with Gasteiger partial charge in [0.2, 0.25) is 11.8 Å².